The van der Waals surface area contributed by atoms with Gasteiger partial charge >= 0.3 is 0 Å². The van der Waals surface area contributed by atoms with Gasteiger partial charge in [0.15, 0.2) is 5.96 Å². The minimum atomic E-state index is -3.11. The van der Waals surface area contributed by atoms with Gasteiger partial charge in [-0.05, 0) is 13.3 Å². The Morgan fingerprint density at radius 3 is 2.56 bits per heavy atom. The largest absolute Gasteiger partial charge is 0.357 e. The Bertz CT molecular complexity index is 376. The topological polar surface area (TPSA) is 82.6 Å². The number of sulfonamides is 1. The molecule has 0 aromatic rings. The third-order valence-electron chi connectivity index (χ3n) is 1.67. The highest BCUT2D eigenvalue weighted by Crippen LogP contribution is 1.82. The summed E-state index contributed by atoms with van der Waals surface area (Å²) in [4.78, 5) is 4.23. The SMILES string of the molecule is C#CCNC(=NCCCNS(C)(=O)=O)NCC.I. The van der Waals surface area contributed by atoms with Crippen LogP contribution in [0.15, 0.2) is 4.99 Å². The quantitative estimate of drug-likeness (QED) is 0.184. The number of hydrogen-bond acceptors (Lipinski definition) is 3. The first-order valence-corrected chi connectivity index (χ1v) is 7.29. The van der Waals surface area contributed by atoms with Crippen LogP contribution in [-0.4, -0.2) is 46.8 Å². The fourth-order valence-corrected chi connectivity index (χ4v) is 1.52. The Morgan fingerprint density at radius 1 is 1.39 bits per heavy atom. The van der Waals surface area contributed by atoms with Crippen LogP contribution in [0.4, 0.5) is 0 Å². The number of hydrogen-bond donors (Lipinski definition) is 3. The van der Waals surface area contributed by atoms with Crippen molar-refractivity contribution in [2.75, 3.05) is 32.4 Å². The molecule has 0 atom stereocenters. The van der Waals surface area contributed by atoms with Crippen LogP contribution in [0.25, 0.3) is 0 Å². The molecule has 0 heterocycles. The number of nitrogens with zero attached hydrogens (tertiary/aromatic N) is 1. The third kappa shape index (κ3) is 13.5. The molecule has 6 nitrogen and oxygen atoms in total. The Kier molecular flexibility index (Phi) is 12.7. The molecule has 0 radical (unpaired) electrons. The van der Waals surface area contributed by atoms with Gasteiger partial charge in [-0.2, -0.15) is 0 Å². The molecule has 106 valence electrons. The molecule has 0 aliphatic carbocycles. The molecule has 3 N–H and O–H groups in total. The van der Waals surface area contributed by atoms with Gasteiger partial charge in [-0.1, -0.05) is 5.92 Å². The van der Waals surface area contributed by atoms with Gasteiger partial charge < -0.3 is 10.6 Å². The Labute approximate surface area is 126 Å². The number of aliphatic imine (C=N–C) groups is 1. The summed E-state index contributed by atoms with van der Waals surface area (Å²) < 4.78 is 24.0. The molecule has 0 saturated heterocycles. The van der Waals surface area contributed by atoms with Crippen molar-refractivity contribution in [1.82, 2.24) is 15.4 Å². The molecular formula is C10H21IN4O2S. The molecule has 0 rings (SSSR count). The third-order valence-corrected chi connectivity index (χ3v) is 2.40. The Morgan fingerprint density at radius 2 is 2.06 bits per heavy atom. The standard InChI is InChI=1S/C10H20N4O2S.HI/c1-4-7-12-10(11-5-2)13-8-6-9-14-17(3,15)16;/h1,14H,5-9H2,2-3H3,(H2,11,12,13);1H. The number of nitrogens with one attached hydrogen (secondary N) is 3. The van der Waals surface area contributed by atoms with E-state index < -0.39 is 10.0 Å². The average Bonchev–Trinajstić information content (AvgIpc) is 2.23. The van der Waals surface area contributed by atoms with E-state index >= 15 is 0 Å². The van der Waals surface area contributed by atoms with E-state index in [0.29, 0.717) is 32.0 Å². The lowest BCUT2D eigenvalue weighted by atomic mass is 10.4. The molecule has 0 spiro atoms. The highest BCUT2D eigenvalue weighted by molar-refractivity contribution is 14.0. The molecule has 0 aliphatic heterocycles. The maximum Gasteiger partial charge on any atom is 0.208 e. The molecule has 0 fully saturated rings. The zero-order chi connectivity index (χ0) is 13.1. The van der Waals surface area contributed by atoms with E-state index in [1.54, 1.807) is 0 Å². The molecule has 8 heteroatoms. The minimum absolute atomic E-state index is 0. The van der Waals surface area contributed by atoms with Gasteiger partial charge in [0.2, 0.25) is 10.0 Å². The summed E-state index contributed by atoms with van der Waals surface area (Å²) in [5.41, 5.74) is 0. The molecule has 0 aliphatic rings. The van der Waals surface area contributed by atoms with Gasteiger partial charge in [0.1, 0.15) is 0 Å². The first kappa shape index (κ1) is 19.8. The van der Waals surface area contributed by atoms with E-state index in [4.69, 9.17) is 6.42 Å². The molecular weight excluding hydrogens is 367 g/mol. The summed E-state index contributed by atoms with van der Waals surface area (Å²) in [5, 5.41) is 5.97. The Balaban J connectivity index is 0. The van der Waals surface area contributed by atoms with Gasteiger partial charge in [0.25, 0.3) is 0 Å². The van der Waals surface area contributed by atoms with Gasteiger partial charge in [-0.15, -0.1) is 30.4 Å². The van der Waals surface area contributed by atoms with Crippen LogP contribution in [0.1, 0.15) is 13.3 Å². The number of halogens is 1. The first-order chi connectivity index (χ1) is 7.99. The second kappa shape index (κ2) is 11.6. The molecule has 0 unspecified atom stereocenters. The average molecular weight is 388 g/mol. The number of terminal acetylenes is 1. The van der Waals surface area contributed by atoms with Crippen molar-refractivity contribution >= 4 is 40.0 Å². The lowest BCUT2D eigenvalue weighted by molar-refractivity contribution is 0.585. The summed E-state index contributed by atoms with van der Waals surface area (Å²) in [6.07, 6.45) is 6.90. The van der Waals surface area contributed by atoms with Gasteiger partial charge in [0.05, 0.1) is 12.8 Å². The number of rotatable bonds is 7. The van der Waals surface area contributed by atoms with Crippen LogP contribution < -0.4 is 15.4 Å². The highest BCUT2D eigenvalue weighted by Gasteiger charge is 1.98. The highest BCUT2D eigenvalue weighted by atomic mass is 127. The Hall–Kier alpha value is -0.530. The normalized spacial score (nSPS) is 11.3. The lowest BCUT2D eigenvalue weighted by Gasteiger charge is -2.08. The summed E-state index contributed by atoms with van der Waals surface area (Å²) in [5.74, 6) is 3.10. The van der Waals surface area contributed by atoms with Crippen molar-refractivity contribution in [2.45, 2.75) is 13.3 Å². The van der Waals surface area contributed by atoms with Crippen LogP contribution in [0.2, 0.25) is 0 Å². The van der Waals surface area contributed by atoms with Crippen molar-refractivity contribution < 1.29 is 8.42 Å². The summed E-state index contributed by atoms with van der Waals surface area (Å²) in [6, 6.07) is 0. The van der Waals surface area contributed by atoms with E-state index in [1.807, 2.05) is 6.92 Å². The monoisotopic (exact) mass is 388 g/mol. The maximum atomic E-state index is 10.8. The van der Waals surface area contributed by atoms with Crippen LogP contribution in [-0.2, 0) is 10.0 Å². The second-order valence-electron chi connectivity index (χ2n) is 3.34. The summed E-state index contributed by atoms with van der Waals surface area (Å²) >= 11 is 0. The lowest BCUT2D eigenvalue weighted by Crippen LogP contribution is -2.37. The van der Waals surface area contributed by atoms with Crippen molar-refractivity contribution in [3.8, 4) is 12.3 Å². The zero-order valence-electron chi connectivity index (χ0n) is 10.7. The van der Waals surface area contributed by atoms with Gasteiger partial charge in [-0.25, -0.2) is 13.1 Å². The van der Waals surface area contributed by atoms with Gasteiger partial charge in [0, 0.05) is 19.6 Å². The molecule has 0 aromatic carbocycles. The van der Waals surface area contributed by atoms with Crippen molar-refractivity contribution in [2.24, 2.45) is 4.99 Å². The maximum absolute atomic E-state index is 10.8. The van der Waals surface area contributed by atoms with E-state index in [9.17, 15) is 8.42 Å². The second-order valence-corrected chi connectivity index (χ2v) is 5.17. The van der Waals surface area contributed by atoms with E-state index in [-0.39, 0.29) is 24.0 Å². The molecule has 0 aromatic heterocycles. The predicted molar refractivity (Wildman–Crippen MR) is 85.7 cm³/mol. The minimum Gasteiger partial charge on any atom is -0.357 e. The molecule has 0 bridgehead atoms. The summed E-state index contributed by atoms with van der Waals surface area (Å²) in [7, 11) is -3.11. The van der Waals surface area contributed by atoms with E-state index in [2.05, 4.69) is 26.3 Å². The van der Waals surface area contributed by atoms with Crippen molar-refractivity contribution in [1.29, 1.82) is 0 Å². The molecule has 18 heavy (non-hydrogen) atoms. The van der Waals surface area contributed by atoms with E-state index in [0.717, 1.165) is 12.8 Å². The van der Waals surface area contributed by atoms with Crippen molar-refractivity contribution in [3.05, 3.63) is 0 Å². The van der Waals surface area contributed by atoms with Crippen LogP contribution in [0.3, 0.4) is 0 Å². The fraction of sp³-hybridized carbons (Fsp3) is 0.700. The predicted octanol–water partition coefficient (Wildman–Crippen LogP) is -0.268. The smallest absolute Gasteiger partial charge is 0.208 e. The van der Waals surface area contributed by atoms with Crippen LogP contribution in [0.5, 0.6) is 0 Å². The zero-order valence-corrected chi connectivity index (χ0v) is 13.8. The van der Waals surface area contributed by atoms with E-state index in [1.165, 1.54) is 0 Å². The van der Waals surface area contributed by atoms with Crippen LogP contribution >= 0.6 is 24.0 Å². The van der Waals surface area contributed by atoms with Crippen molar-refractivity contribution in [3.63, 3.8) is 0 Å². The first-order valence-electron chi connectivity index (χ1n) is 5.40. The van der Waals surface area contributed by atoms with Crippen LogP contribution in [0, 0.1) is 12.3 Å². The number of guanidine groups is 1. The molecule has 0 amide bonds. The molecule has 0 saturated carbocycles. The fourth-order valence-electron chi connectivity index (χ4n) is 1.00. The summed E-state index contributed by atoms with van der Waals surface area (Å²) in [6.45, 7) is 4.03. The van der Waals surface area contributed by atoms with Gasteiger partial charge in [-0.3, -0.25) is 4.99 Å².